The third-order valence-electron chi connectivity index (χ3n) is 3.29. The Balaban J connectivity index is 2.43. The fourth-order valence-electron chi connectivity index (χ4n) is 2.10. The van der Waals surface area contributed by atoms with Crippen LogP contribution in [0.2, 0.25) is 0 Å². The van der Waals surface area contributed by atoms with Crippen LogP contribution in [-0.4, -0.2) is 34.3 Å². The summed E-state index contributed by atoms with van der Waals surface area (Å²) < 4.78 is 0. The van der Waals surface area contributed by atoms with Crippen molar-refractivity contribution in [2.24, 2.45) is 0 Å². The van der Waals surface area contributed by atoms with Crippen LogP contribution in [0.5, 0.6) is 0 Å². The van der Waals surface area contributed by atoms with E-state index in [1.807, 2.05) is 6.92 Å². The number of nitrogens with two attached hydrogens (primary N) is 1. The standard InChI is InChI=1S/C13H22N4O/c1-8-10(14)15-12(13(2,3)4)16-11(8)17-6-5-9(18)7-17/h9,18H,5-7H2,1-4H3,(H2,14,15,16). The third kappa shape index (κ3) is 2.41. The maximum Gasteiger partial charge on any atom is 0.138 e. The molecule has 0 bridgehead atoms. The second-order valence-corrected chi connectivity index (χ2v) is 6.02. The van der Waals surface area contributed by atoms with Gasteiger partial charge >= 0.3 is 0 Å². The quantitative estimate of drug-likeness (QED) is 0.784. The highest BCUT2D eigenvalue weighted by atomic mass is 16.3. The van der Waals surface area contributed by atoms with Gasteiger partial charge in [0.15, 0.2) is 0 Å². The number of hydrogen-bond acceptors (Lipinski definition) is 5. The van der Waals surface area contributed by atoms with Gasteiger partial charge in [-0.15, -0.1) is 0 Å². The fraction of sp³-hybridized carbons (Fsp3) is 0.692. The smallest absolute Gasteiger partial charge is 0.138 e. The molecule has 2 heterocycles. The van der Waals surface area contributed by atoms with Gasteiger partial charge in [0, 0.05) is 24.1 Å². The van der Waals surface area contributed by atoms with Crippen LogP contribution in [0.4, 0.5) is 11.6 Å². The summed E-state index contributed by atoms with van der Waals surface area (Å²) in [7, 11) is 0. The van der Waals surface area contributed by atoms with E-state index in [9.17, 15) is 5.11 Å². The molecule has 1 aromatic rings. The lowest BCUT2D eigenvalue weighted by atomic mass is 9.95. The van der Waals surface area contributed by atoms with Crippen LogP contribution in [0, 0.1) is 6.92 Å². The van der Waals surface area contributed by atoms with E-state index in [2.05, 4.69) is 35.6 Å². The average molecular weight is 250 g/mol. The zero-order valence-electron chi connectivity index (χ0n) is 11.6. The van der Waals surface area contributed by atoms with Crippen LogP contribution in [0.1, 0.15) is 38.6 Å². The number of nitrogen functional groups attached to an aromatic ring is 1. The van der Waals surface area contributed by atoms with E-state index >= 15 is 0 Å². The Bertz CT molecular complexity index is 453. The molecule has 0 aromatic carbocycles. The average Bonchev–Trinajstić information content (AvgIpc) is 2.67. The van der Waals surface area contributed by atoms with E-state index in [0.717, 1.165) is 30.2 Å². The molecule has 18 heavy (non-hydrogen) atoms. The molecule has 100 valence electrons. The Morgan fingerprint density at radius 3 is 2.50 bits per heavy atom. The van der Waals surface area contributed by atoms with Crippen molar-refractivity contribution in [3.05, 3.63) is 11.4 Å². The van der Waals surface area contributed by atoms with Gasteiger partial charge in [-0.3, -0.25) is 0 Å². The van der Waals surface area contributed by atoms with Gasteiger partial charge in [0.1, 0.15) is 17.5 Å². The van der Waals surface area contributed by atoms with Gasteiger partial charge in [0.2, 0.25) is 0 Å². The van der Waals surface area contributed by atoms with Crippen molar-refractivity contribution in [3.63, 3.8) is 0 Å². The summed E-state index contributed by atoms with van der Waals surface area (Å²) in [5, 5.41) is 9.63. The third-order valence-corrected chi connectivity index (χ3v) is 3.29. The van der Waals surface area contributed by atoms with Gasteiger partial charge in [0.25, 0.3) is 0 Å². The van der Waals surface area contributed by atoms with Gasteiger partial charge in [-0.1, -0.05) is 20.8 Å². The second kappa shape index (κ2) is 4.39. The molecule has 1 fully saturated rings. The van der Waals surface area contributed by atoms with E-state index in [0.29, 0.717) is 12.4 Å². The van der Waals surface area contributed by atoms with Crippen LogP contribution in [0.25, 0.3) is 0 Å². The summed E-state index contributed by atoms with van der Waals surface area (Å²) in [6.45, 7) is 9.59. The first-order valence-corrected chi connectivity index (χ1v) is 6.36. The Labute approximate surface area is 108 Å². The Morgan fingerprint density at radius 1 is 1.33 bits per heavy atom. The van der Waals surface area contributed by atoms with Gasteiger partial charge in [0.05, 0.1) is 6.10 Å². The van der Waals surface area contributed by atoms with E-state index in [1.54, 1.807) is 0 Å². The summed E-state index contributed by atoms with van der Waals surface area (Å²) in [6.07, 6.45) is 0.521. The monoisotopic (exact) mass is 250 g/mol. The molecule has 1 saturated heterocycles. The van der Waals surface area contributed by atoms with Crippen molar-refractivity contribution in [2.75, 3.05) is 23.7 Å². The second-order valence-electron chi connectivity index (χ2n) is 6.02. The van der Waals surface area contributed by atoms with Crippen molar-refractivity contribution in [1.29, 1.82) is 0 Å². The lowest BCUT2D eigenvalue weighted by Crippen LogP contribution is -2.26. The maximum absolute atomic E-state index is 9.63. The largest absolute Gasteiger partial charge is 0.391 e. The van der Waals surface area contributed by atoms with Crippen LogP contribution in [0.3, 0.4) is 0 Å². The van der Waals surface area contributed by atoms with E-state index in [-0.39, 0.29) is 11.5 Å². The number of aliphatic hydroxyl groups is 1. The first-order valence-electron chi connectivity index (χ1n) is 6.36. The van der Waals surface area contributed by atoms with Crippen molar-refractivity contribution in [3.8, 4) is 0 Å². The molecule has 1 aliphatic heterocycles. The number of aromatic nitrogens is 2. The molecule has 0 aliphatic carbocycles. The summed E-state index contributed by atoms with van der Waals surface area (Å²) >= 11 is 0. The maximum atomic E-state index is 9.63. The molecule has 1 aliphatic rings. The number of β-amino-alcohol motifs (C(OH)–C–C–N with tert-alkyl or cyclic N) is 1. The van der Waals surface area contributed by atoms with E-state index < -0.39 is 0 Å². The molecule has 0 radical (unpaired) electrons. The zero-order valence-corrected chi connectivity index (χ0v) is 11.6. The van der Waals surface area contributed by atoms with Crippen molar-refractivity contribution in [2.45, 2.75) is 45.6 Å². The van der Waals surface area contributed by atoms with Crippen LogP contribution < -0.4 is 10.6 Å². The number of anilines is 2. The first kappa shape index (κ1) is 13.1. The SMILES string of the molecule is Cc1c(N)nc(C(C)(C)C)nc1N1CCC(O)C1. The molecule has 3 N–H and O–H groups in total. The molecule has 0 spiro atoms. The lowest BCUT2D eigenvalue weighted by Gasteiger charge is -2.24. The van der Waals surface area contributed by atoms with Crippen molar-refractivity contribution >= 4 is 11.6 Å². The van der Waals surface area contributed by atoms with E-state index in [4.69, 9.17) is 5.73 Å². The summed E-state index contributed by atoms with van der Waals surface area (Å²) in [5.41, 5.74) is 6.75. The number of hydrogen-bond donors (Lipinski definition) is 2. The molecule has 0 saturated carbocycles. The van der Waals surface area contributed by atoms with Gasteiger partial charge < -0.3 is 15.7 Å². The molecule has 0 amide bonds. The minimum atomic E-state index is -0.265. The first-order chi connectivity index (χ1) is 8.29. The molecule has 1 atom stereocenters. The summed E-state index contributed by atoms with van der Waals surface area (Å²) in [5.74, 6) is 2.15. The Hall–Kier alpha value is -1.36. The van der Waals surface area contributed by atoms with Gasteiger partial charge in [-0.2, -0.15) is 0 Å². The molecular formula is C13H22N4O. The van der Waals surface area contributed by atoms with E-state index in [1.165, 1.54) is 0 Å². The normalized spacial score (nSPS) is 20.5. The highest BCUT2D eigenvalue weighted by molar-refractivity contribution is 5.57. The molecule has 2 rings (SSSR count). The lowest BCUT2D eigenvalue weighted by molar-refractivity contribution is 0.198. The van der Waals surface area contributed by atoms with Gasteiger partial charge in [-0.05, 0) is 13.3 Å². The molecule has 1 unspecified atom stereocenters. The Morgan fingerprint density at radius 2 is 2.00 bits per heavy atom. The predicted octanol–water partition coefficient (Wildman–Crippen LogP) is 1.24. The highest BCUT2D eigenvalue weighted by Crippen LogP contribution is 2.28. The van der Waals surface area contributed by atoms with Crippen molar-refractivity contribution < 1.29 is 5.11 Å². The Kier molecular flexibility index (Phi) is 3.19. The summed E-state index contributed by atoms with van der Waals surface area (Å²) in [6, 6.07) is 0. The van der Waals surface area contributed by atoms with Crippen LogP contribution >= 0.6 is 0 Å². The minimum Gasteiger partial charge on any atom is -0.391 e. The fourth-order valence-corrected chi connectivity index (χ4v) is 2.10. The minimum absolute atomic E-state index is 0.130. The molecule has 5 nitrogen and oxygen atoms in total. The molecule has 5 heteroatoms. The number of rotatable bonds is 1. The number of aliphatic hydroxyl groups excluding tert-OH is 1. The van der Waals surface area contributed by atoms with Gasteiger partial charge in [-0.25, -0.2) is 9.97 Å². The zero-order chi connectivity index (χ0) is 13.5. The van der Waals surface area contributed by atoms with Crippen LogP contribution in [-0.2, 0) is 5.41 Å². The van der Waals surface area contributed by atoms with Crippen LogP contribution in [0.15, 0.2) is 0 Å². The summed E-state index contributed by atoms with van der Waals surface area (Å²) in [4.78, 5) is 11.1. The molecular weight excluding hydrogens is 228 g/mol. The van der Waals surface area contributed by atoms with Crippen molar-refractivity contribution in [1.82, 2.24) is 9.97 Å². The molecule has 1 aromatic heterocycles. The topological polar surface area (TPSA) is 75.3 Å². The number of nitrogens with zero attached hydrogens (tertiary/aromatic N) is 3. The predicted molar refractivity (Wildman–Crippen MR) is 72.7 cm³/mol. The highest BCUT2D eigenvalue weighted by Gasteiger charge is 2.26.